The highest BCUT2D eigenvalue weighted by Gasteiger charge is 1.99. The van der Waals surface area contributed by atoms with Gasteiger partial charge in [-0.25, -0.2) is 0 Å². The van der Waals surface area contributed by atoms with E-state index in [4.69, 9.17) is 5.73 Å². The van der Waals surface area contributed by atoms with Crippen molar-refractivity contribution in [2.45, 2.75) is 32.6 Å². The highest BCUT2D eigenvalue weighted by Crippen LogP contribution is 2.21. The molecule has 0 spiro atoms. The number of anilines is 2. The Morgan fingerprint density at radius 2 is 1.94 bits per heavy atom. The van der Waals surface area contributed by atoms with Crippen LogP contribution in [0.4, 0.5) is 11.4 Å². The maximum absolute atomic E-state index is 6.00. The first-order valence-electron chi connectivity index (χ1n) is 6.33. The van der Waals surface area contributed by atoms with Gasteiger partial charge < -0.3 is 11.1 Å². The molecule has 0 saturated carbocycles. The third-order valence-corrected chi connectivity index (χ3v) is 3.61. The summed E-state index contributed by atoms with van der Waals surface area (Å²) in [6.45, 7) is 3.07. The van der Waals surface area contributed by atoms with Crippen LogP contribution in [0.2, 0.25) is 0 Å². The van der Waals surface area contributed by atoms with Crippen molar-refractivity contribution in [1.29, 1.82) is 0 Å². The van der Waals surface area contributed by atoms with E-state index in [1.807, 2.05) is 30.8 Å². The van der Waals surface area contributed by atoms with Crippen molar-refractivity contribution in [3.63, 3.8) is 0 Å². The van der Waals surface area contributed by atoms with Crippen molar-refractivity contribution >= 4 is 23.1 Å². The van der Waals surface area contributed by atoms with Gasteiger partial charge in [0.05, 0.1) is 11.4 Å². The summed E-state index contributed by atoms with van der Waals surface area (Å²) >= 11 is 1.93. The molecule has 17 heavy (non-hydrogen) atoms. The topological polar surface area (TPSA) is 38.0 Å². The second-order valence-electron chi connectivity index (χ2n) is 4.37. The molecular weight excluding hydrogens is 228 g/mol. The van der Waals surface area contributed by atoms with E-state index < -0.39 is 0 Å². The molecule has 0 saturated heterocycles. The zero-order valence-electron chi connectivity index (χ0n) is 11.0. The van der Waals surface area contributed by atoms with Gasteiger partial charge in [0, 0.05) is 6.54 Å². The van der Waals surface area contributed by atoms with Crippen molar-refractivity contribution < 1.29 is 0 Å². The molecule has 0 amide bonds. The lowest BCUT2D eigenvalue weighted by Gasteiger charge is -2.10. The standard InChI is InChI=1S/C14H24N2S/c1-12-8-7-9-13(14(12)15)16-10-5-3-4-6-11-17-2/h7-9,16H,3-6,10-11,15H2,1-2H3. The van der Waals surface area contributed by atoms with E-state index in [9.17, 15) is 0 Å². The summed E-state index contributed by atoms with van der Waals surface area (Å²) in [7, 11) is 0. The molecule has 0 aliphatic carbocycles. The fourth-order valence-electron chi connectivity index (χ4n) is 1.78. The average molecular weight is 252 g/mol. The number of nitrogens with one attached hydrogen (secondary N) is 1. The number of aryl methyl sites for hydroxylation is 1. The summed E-state index contributed by atoms with van der Waals surface area (Å²) in [5, 5.41) is 3.41. The van der Waals surface area contributed by atoms with Crippen LogP contribution >= 0.6 is 11.8 Å². The van der Waals surface area contributed by atoms with Crippen molar-refractivity contribution in [3.8, 4) is 0 Å². The van der Waals surface area contributed by atoms with Gasteiger partial charge in [-0.1, -0.05) is 25.0 Å². The van der Waals surface area contributed by atoms with E-state index >= 15 is 0 Å². The van der Waals surface area contributed by atoms with Gasteiger partial charge in [0.15, 0.2) is 0 Å². The van der Waals surface area contributed by atoms with Crippen molar-refractivity contribution in [2.75, 3.05) is 29.6 Å². The lowest BCUT2D eigenvalue weighted by Crippen LogP contribution is -2.05. The highest BCUT2D eigenvalue weighted by atomic mass is 32.2. The SMILES string of the molecule is CSCCCCCCNc1cccc(C)c1N. The van der Waals surface area contributed by atoms with Crippen LogP contribution < -0.4 is 11.1 Å². The molecule has 0 fully saturated rings. The average Bonchev–Trinajstić information content (AvgIpc) is 2.33. The molecular formula is C14H24N2S. The second kappa shape index (κ2) is 8.29. The fraction of sp³-hybridized carbons (Fsp3) is 0.571. The Kier molecular flexibility index (Phi) is 6.94. The van der Waals surface area contributed by atoms with E-state index in [0.717, 1.165) is 23.5 Å². The molecule has 0 bridgehead atoms. The molecule has 2 nitrogen and oxygen atoms in total. The minimum absolute atomic E-state index is 0.884. The fourth-order valence-corrected chi connectivity index (χ4v) is 2.28. The van der Waals surface area contributed by atoms with Gasteiger partial charge in [-0.15, -0.1) is 0 Å². The van der Waals surface area contributed by atoms with Crippen LogP contribution in [-0.2, 0) is 0 Å². The van der Waals surface area contributed by atoms with Gasteiger partial charge in [0.1, 0.15) is 0 Å². The van der Waals surface area contributed by atoms with Crippen LogP contribution in [0.5, 0.6) is 0 Å². The second-order valence-corrected chi connectivity index (χ2v) is 5.36. The molecule has 0 aliphatic rings. The Morgan fingerprint density at radius 3 is 2.71 bits per heavy atom. The maximum Gasteiger partial charge on any atom is 0.0579 e. The first-order valence-corrected chi connectivity index (χ1v) is 7.73. The molecule has 96 valence electrons. The molecule has 0 aliphatic heterocycles. The quantitative estimate of drug-likeness (QED) is 0.544. The third kappa shape index (κ3) is 5.35. The molecule has 0 radical (unpaired) electrons. The molecule has 0 aromatic heterocycles. The molecule has 1 aromatic carbocycles. The minimum atomic E-state index is 0.884. The molecule has 0 heterocycles. The summed E-state index contributed by atoms with van der Waals surface area (Å²) in [5.41, 5.74) is 9.11. The first kappa shape index (κ1) is 14.2. The Labute approximate surface area is 109 Å². The predicted octanol–water partition coefficient (Wildman–Crippen LogP) is 3.91. The number of benzene rings is 1. The molecule has 0 unspecified atom stereocenters. The Hall–Kier alpha value is -0.830. The van der Waals surface area contributed by atoms with Crippen molar-refractivity contribution in [2.24, 2.45) is 0 Å². The Balaban J connectivity index is 2.16. The summed E-state index contributed by atoms with van der Waals surface area (Å²) in [5.74, 6) is 1.29. The van der Waals surface area contributed by atoms with Gasteiger partial charge in [0.2, 0.25) is 0 Å². The van der Waals surface area contributed by atoms with Gasteiger partial charge in [-0.2, -0.15) is 11.8 Å². The number of rotatable bonds is 8. The summed E-state index contributed by atoms with van der Waals surface area (Å²) < 4.78 is 0. The number of hydrogen-bond acceptors (Lipinski definition) is 3. The Morgan fingerprint density at radius 1 is 1.18 bits per heavy atom. The smallest absolute Gasteiger partial charge is 0.0579 e. The van der Waals surface area contributed by atoms with E-state index in [2.05, 4.69) is 17.6 Å². The lowest BCUT2D eigenvalue weighted by atomic mass is 10.1. The summed E-state index contributed by atoms with van der Waals surface area (Å²) in [4.78, 5) is 0. The number of nitrogen functional groups attached to an aromatic ring is 1. The Bertz CT molecular complexity index is 326. The van der Waals surface area contributed by atoms with Crippen LogP contribution in [0.15, 0.2) is 18.2 Å². The monoisotopic (exact) mass is 252 g/mol. The largest absolute Gasteiger partial charge is 0.397 e. The molecule has 1 rings (SSSR count). The van der Waals surface area contributed by atoms with Gasteiger partial charge in [-0.05, 0) is 43.4 Å². The minimum Gasteiger partial charge on any atom is -0.397 e. The predicted molar refractivity (Wildman–Crippen MR) is 80.9 cm³/mol. The number of hydrogen-bond donors (Lipinski definition) is 2. The van der Waals surface area contributed by atoms with E-state index in [0.29, 0.717) is 0 Å². The van der Waals surface area contributed by atoms with Crippen LogP contribution in [0.1, 0.15) is 31.2 Å². The highest BCUT2D eigenvalue weighted by molar-refractivity contribution is 7.98. The van der Waals surface area contributed by atoms with Gasteiger partial charge in [0.25, 0.3) is 0 Å². The normalized spacial score (nSPS) is 10.5. The van der Waals surface area contributed by atoms with Crippen LogP contribution in [0, 0.1) is 6.92 Å². The summed E-state index contributed by atoms with van der Waals surface area (Å²) in [6.07, 6.45) is 7.38. The third-order valence-electron chi connectivity index (χ3n) is 2.91. The van der Waals surface area contributed by atoms with Gasteiger partial charge in [-0.3, -0.25) is 0 Å². The number of unbranched alkanes of at least 4 members (excludes halogenated alkanes) is 3. The zero-order chi connectivity index (χ0) is 12.5. The summed E-state index contributed by atoms with van der Waals surface area (Å²) in [6, 6.07) is 6.14. The maximum atomic E-state index is 6.00. The van der Waals surface area contributed by atoms with E-state index in [-0.39, 0.29) is 0 Å². The molecule has 1 aromatic rings. The molecule has 0 atom stereocenters. The van der Waals surface area contributed by atoms with Crippen LogP contribution in [0.25, 0.3) is 0 Å². The van der Waals surface area contributed by atoms with Gasteiger partial charge >= 0.3 is 0 Å². The first-order chi connectivity index (χ1) is 8.25. The lowest BCUT2D eigenvalue weighted by molar-refractivity contribution is 0.689. The number of nitrogens with two attached hydrogens (primary N) is 1. The van der Waals surface area contributed by atoms with Crippen molar-refractivity contribution in [1.82, 2.24) is 0 Å². The van der Waals surface area contributed by atoms with Crippen molar-refractivity contribution in [3.05, 3.63) is 23.8 Å². The van der Waals surface area contributed by atoms with Crippen LogP contribution in [-0.4, -0.2) is 18.6 Å². The van der Waals surface area contributed by atoms with E-state index in [1.165, 1.54) is 31.4 Å². The number of thioether (sulfide) groups is 1. The molecule has 3 heteroatoms. The van der Waals surface area contributed by atoms with Crippen LogP contribution in [0.3, 0.4) is 0 Å². The zero-order valence-corrected chi connectivity index (χ0v) is 11.8. The van der Waals surface area contributed by atoms with E-state index in [1.54, 1.807) is 0 Å². The number of para-hydroxylation sites is 1. The molecule has 3 N–H and O–H groups in total.